The molecule has 1 aliphatic carbocycles. The molecule has 140 valence electrons. The molecular formula is C19H22N6O2. The third-order valence-corrected chi connectivity index (χ3v) is 4.86. The Morgan fingerprint density at radius 1 is 1.30 bits per heavy atom. The van der Waals surface area contributed by atoms with Gasteiger partial charge in [-0.2, -0.15) is 0 Å². The zero-order valence-corrected chi connectivity index (χ0v) is 15.1. The molecule has 3 N–H and O–H groups in total. The molecule has 27 heavy (non-hydrogen) atoms. The molecule has 0 amide bonds. The molecule has 0 aliphatic heterocycles. The molecule has 3 aromatic heterocycles. The van der Waals surface area contributed by atoms with Gasteiger partial charge in [-0.1, -0.05) is 0 Å². The average Bonchev–Trinajstić information content (AvgIpc) is 3.07. The molecule has 4 rings (SSSR count). The van der Waals surface area contributed by atoms with E-state index in [9.17, 15) is 9.90 Å². The summed E-state index contributed by atoms with van der Waals surface area (Å²) in [4.78, 5) is 25.8. The lowest BCUT2D eigenvalue weighted by molar-refractivity contribution is 0.182. The van der Waals surface area contributed by atoms with Gasteiger partial charge in [-0.3, -0.25) is 9.78 Å². The predicted molar refractivity (Wildman–Crippen MR) is 104 cm³/mol. The Labute approximate surface area is 156 Å². The number of aliphatic hydroxyl groups is 1. The Morgan fingerprint density at radius 2 is 2.19 bits per heavy atom. The third-order valence-electron chi connectivity index (χ3n) is 4.86. The summed E-state index contributed by atoms with van der Waals surface area (Å²) in [5.41, 5.74) is -0.0744. The van der Waals surface area contributed by atoms with E-state index in [0.717, 1.165) is 18.2 Å². The maximum absolute atomic E-state index is 12.9. The van der Waals surface area contributed by atoms with Crippen LogP contribution < -0.4 is 16.2 Å². The first-order valence-electron chi connectivity index (χ1n) is 9.16. The minimum Gasteiger partial charge on any atom is -0.393 e. The summed E-state index contributed by atoms with van der Waals surface area (Å²) in [6.45, 7) is 2.53. The fourth-order valence-corrected chi connectivity index (χ4v) is 3.50. The van der Waals surface area contributed by atoms with Crippen molar-refractivity contribution in [1.82, 2.24) is 19.5 Å². The van der Waals surface area contributed by atoms with E-state index < -0.39 is 0 Å². The van der Waals surface area contributed by atoms with Crippen molar-refractivity contribution >= 4 is 28.2 Å². The molecule has 0 radical (unpaired) electrons. The molecule has 8 heteroatoms. The number of pyridine rings is 2. The van der Waals surface area contributed by atoms with Gasteiger partial charge in [0.2, 0.25) is 0 Å². The van der Waals surface area contributed by atoms with Gasteiger partial charge in [0.05, 0.1) is 17.7 Å². The number of hydrogen-bond donors (Lipinski definition) is 3. The van der Waals surface area contributed by atoms with E-state index >= 15 is 0 Å². The van der Waals surface area contributed by atoms with Crippen LogP contribution in [0.2, 0.25) is 0 Å². The number of anilines is 3. The summed E-state index contributed by atoms with van der Waals surface area (Å²) in [5, 5.41) is 17.7. The van der Waals surface area contributed by atoms with Crippen LogP contribution in [0.25, 0.3) is 10.8 Å². The summed E-state index contributed by atoms with van der Waals surface area (Å²) in [7, 11) is 0. The fraction of sp³-hybridized carbons (Fsp3) is 0.368. The first kappa shape index (κ1) is 17.4. The number of rotatable bonds is 5. The van der Waals surface area contributed by atoms with Crippen LogP contribution in [0.4, 0.5) is 17.5 Å². The van der Waals surface area contributed by atoms with E-state index in [0.29, 0.717) is 35.8 Å². The maximum Gasteiger partial charge on any atom is 0.262 e. The first-order valence-corrected chi connectivity index (χ1v) is 9.16. The second-order valence-electron chi connectivity index (χ2n) is 6.75. The van der Waals surface area contributed by atoms with Crippen molar-refractivity contribution in [2.75, 3.05) is 10.6 Å². The lowest BCUT2D eigenvalue weighted by Gasteiger charge is -2.17. The van der Waals surface area contributed by atoms with Gasteiger partial charge in [-0.05, 0) is 43.7 Å². The van der Waals surface area contributed by atoms with Crippen LogP contribution in [0.1, 0.15) is 26.2 Å². The van der Waals surface area contributed by atoms with Crippen LogP contribution in [-0.4, -0.2) is 36.8 Å². The lowest BCUT2D eigenvalue weighted by atomic mass is 10.1. The number of aryl methyl sites for hydroxylation is 1. The van der Waals surface area contributed by atoms with Crippen molar-refractivity contribution in [3.8, 4) is 0 Å². The highest BCUT2D eigenvalue weighted by Crippen LogP contribution is 2.28. The van der Waals surface area contributed by atoms with E-state index in [1.807, 2.05) is 19.1 Å². The van der Waals surface area contributed by atoms with Gasteiger partial charge in [0.15, 0.2) is 0 Å². The van der Waals surface area contributed by atoms with Crippen molar-refractivity contribution in [3.05, 3.63) is 47.3 Å². The minimum atomic E-state index is -0.304. The van der Waals surface area contributed by atoms with E-state index in [4.69, 9.17) is 0 Å². The average molecular weight is 366 g/mol. The predicted octanol–water partition coefficient (Wildman–Crippen LogP) is 2.28. The van der Waals surface area contributed by atoms with Crippen molar-refractivity contribution < 1.29 is 5.11 Å². The number of aliphatic hydroxyl groups excluding tert-OH is 1. The van der Waals surface area contributed by atoms with Gasteiger partial charge in [-0.15, -0.1) is 0 Å². The number of hydrogen-bond acceptors (Lipinski definition) is 7. The summed E-state index contributed by atoms with van der Waals surface area (Å²) in [6, 6.07) is 3.84. The largest absolute Gasteiger partial charge is 0.393 e. The van der Waals surface area contributed by atoms with E-state index in [1.54, 1.807) is 29.4 Å². The summed E-state index contributed by atoms with van der Waals surface area (Å²) >= 11 is 0. The molecule has 0 bridgehead atoms. The van der Waals surface area contributed by atoms with Gasteiger partial charge in [0.1, 0.15) is 17.5 Å². The lowest BCUT2D eigenvalue weighted by Crippen LogP contribution is -2.23. The molecule has 8 nitrogen and oxygen atoms in total. The Kier molecular flexibility index (Phi) is 4.72. The molecule has 0 saturated heterocycles. The first-order chi connectivity index (χ1) is 13.1. The standard InChI is InChI=1S/C19H22N6O2/c1-2-25-8-5-12-9-15(23-16-11-20-6-7-21-16)24-18(17(12)19(25)27)22-13-3-4-14(26)10-13/h5-9,11,13-14,26H,2-4,10H2,1H3,(H2,21,22,23,24)/t13-,14+/m0/s1. The molecule has 0 aromatic carbocycles. The Balaban J connectivity index is 1.78. The van der Waals surface area contributed by atoms with Crippen molar-refractivity contribution in [2.24, 2.45) is 0 Å². The molecule has 0 spiro atoms. The van der Waals surface area contributed by atoms with Crippen LogP contribution >= 0.6 is 0 Å². The Morgan fingerprint density at radius 3 is 2.89 bits per heavy atom. The van der Waals surface area contributed by atoms with E-state index in [1.165, 1.54) is 0 Å². The van der Waals surface area contributed by atoms with Gasteiger partial charge >= 0.3 is 0 Å². The van der Waals surface area contributed by atoms with Crippen molar-refractivity contribution in [3.63, 3.8) is 0 Å². The van der Waals surface area contributed by atoms with Crippen LogP contribution in [0.3, 0.4) is 0 Å². The topological polar surface area (TPSA) is 105 Å². The molecule has 3 aromatic rings. The van der Waals surface area contributed by atoms with Crippen LogP contribution in [0.15, 0.2) is 41.7 Å². The monoisotopic (exact) mass is 366 g/mol. The Hall–Kier alpha value is -3.00. The van der Waals surface area contributed by atoms with Gasteiger partial charge in [-0.25, -0.2) is 9.97 Å². The molecule has 0 unspecified atom stereocenters. The second-order valence-corrected chi connectivity index (χ2v) is 6.75. The van der Waals surface area contributed by atoms with E-state index in [-0.39, 0.29) is 17.7 Å². The highest BCUT2D eigenvalue weighted by molar-refractivity contribution is 5.93. The summed E-state index contributed by atoms with van der Waals surface area (Å²) in [6.07, 6.45) is 8.56. The normalized spacial score (nSPS) is 19.3. The number of fused-ring (bicyclic) bond motifs is 1. The zero-order chi connectivity index (χ0) is 18.8. The quantitative estimate of drug-likeness (QED) is 0.636. The molecule has 2 atom stereocenters. The van der Waals surface area contributed by atoms with Crippen LogP contribution in [0, 0.1) is 0 Å². The molecular weight excluding hydrogens is 344 g/mol. The van der Waals surface area contributed by atoms with Crippen LogP contribution in [-0.2, 0) is 6.54 Å². The van der Waals surface area contributed by atoms with Gasteiger partial charge < -0.3 is 20.3 Å². The number of nitrogens with zero attached hydrogens (tertiary/aromatic N) is 4. The number of nitrogens with one attached hydrogen (secondary N) is 2. The smallest absolute Gasteiger partial charge is 0.262 e. The third kappa shape index (κ3) is 3.61. The minimum absolute atomic E-state index is 0.0744. The number of aromatic nitrogens is 4. The van der Waals surface area contributed by atoms with Crippen LogP contribution in [0.5, 0.6) is 0 Å². The molecule has 1 aliphatic rings. The van der Waals surface area contributed by atoms with Crippen molar-refractivity contribution in [2.45, 2.75) is 44.9 Å². The zero-order valence-electron chi connectivity index (χ0n) is 15.1. The van der Waals surface area contributed by atoms with Gasteiger partial charge in [0, 0.05) is 31.2 Å². The SMILES string of the molecule is CCn1ccc2cc(Nc3cnccn3)nc(N[C@H]3CC[C@@H](O)C3)c2c1=O. The summed E-state index contributed by atoms with van der Waals surface area (Å²) < 4.78 is 1.66. The van der Waals surface area contributed by atoms with Crippen molar-refractivity contribution in [1.29, 1.82) is 0 Å². The highest BCUT2D eigenvalue weighted by Gasteiger charge is 2.24. The highest BCUT2D eigenvalue weighted by atomic mass is 16.3. The maximum atomic E-state index is 12.9. The summed E-state index contributed by atoms with van der Waals surface area (Å²) in [5.74, 6) is 1.69. The fourth-order valence-electron chi connectivity index (χ4n) is 3.50. The molecule has 1 saturated carbocycles. The second kappa shape index (κ2) is 7.32. The molecule has 1 fully saturated rings. The Bertz CT molecular complexity index is 1000. The van der Waals surface area contributed by atoms with E-state index in [2.05, 4.69) is 25.6 Å². The molecule has 3 heterocycles. The van der Waals surface area contributed by atoms with Gasteiger partial charge in [0.25, 0.3) is 5.56 Å².